The van der Waals surface area contributed by atoms with Gasteiger partial charge < -0.3 is 0 Å². The largest absolute Gasteiger partial charge is 0.207 e. The van der Waals surface area contributed by atoms with Gasteiger partial charge >= 0.3 is 0 Å². The van der Waals surface area contributed by atoms with Crippen LogP contribution in [0.3, 0.4) is 0 Å². The second-order valence-electron chi connectivity index (χ2n) is 4.69. The summed E-state index contributed by atoms with van der Waals surface area (Å²) >= 11 is 0. The number of benzene rings is 1. The molecule has 0 aliphatic heterocycles. The van der Waals surface area contributed by atoms with Gasteiger partial charge in [-0.2, -0.15) is 0 Å². The molecule has 1 aliphatic rings. The first-order valence-electron chi connectivity index (χ1n) is 5.43. The van der Waals surface area contributed by atoms with Gasteiger partial charge in [-0.05, 0) is 42.2 Å². The fraction of sp³-hybridized carbons (Fsp3) is 0.538. The standard InChI is InChI=1S/C13H17F/c1-9(2)10-7-11(8-10)12-5-3-4-6-13(12)14/h3-6,9-11H,7-8H2,1-2H3. The van der Waals surface area contributed by atoms with Crippen LogP contribution in [0.5, 0.6) is 0 Å². The van der Waals surface area contributed by atoms with E-state index in [1.807, 2.05) is 12.1 Å². The Morgan fingerprint density at radius 3 is 2.43 bits per heavy atom. The van der Waals surface area contributed by atoms with Crippen LogP contribution in [0.4, 0.5) is 4.39 Å². The van der Waals surface area contributed by atoms with Gasteiger partial charge in [-0.3, -0.25) is 0 Å². The van der Waals surface area contributed by atoms with Crippen molar-refractivity contribution >= 4 is 0 Å². The van der Waals surface area contributed by atoms with Crippen LogP contribution in [0.15, 0.2) is 24.3 Å². The van der Waals surface area contributed by atoms with Crippen LogP contribution in [0.1, 0.15) is 38.2 Å². The third-order valence-electron chi connectivity index (χ3n) is 3.46. The Hall–Kier alpha value is -0.850. The summed E-state index contributed by atoms with van der Waals surface area (Å²) in [7, 11) is 0. The topological polar surface area (TPSA) is 0 Å². The van der Waals surface area contributed by atoms with Gasteiger partial charge in [0.1, 0.15) is 5.82 Å². The van der Waals surface area contributed by atoms with E-state index in [4.69, 9.17) is 0 Å². The highest BCUT2D eigenvalue weighted by atomic mass is 19.1. The van der Waals surface area contributed by atoms with Crippen molar-refractivity contribution < 1.29 is 4.39 Å². The molecule has 14 heavy (non-hydrogen) atoms. The molecule has 0 aromatic heterocycles. The molecular weight excluding hydrogens is 175 g/mol. The molecule has 0 saturated heterocycles. The molecule has 0 nitrogen and oxygen atoms in total. The van der Waals surface area contributed by atoms with Crippen molar-refractivity contribution in [3.63, 3.8) is 0 Å². The molecule has 0 unspecified atom stereocenters. The van der Waals surface area contributed by atoms with Crippen molar-refractivity contribution in [2.75, 3.05) is 0 Å². The lowest BCUT2D eigenvalue weighted by Crippen LogP contribution is -2.26. The summed E-state index contributed by atoms with van der Waals surface area (Å²) in [5, 5.41) is 0. The van der Waals surface area contributed by atoms with E-state index < -0.39 is 0 Å². The first kappa shape index (κ1) is 9.70. The lowest BCUT2D eigenvalue weighted by atomic mass is 9.67. The van der Waals surface area contributed by atoms with E-state index in [2.05, 4.69) is 13.8 Å². The smallest absolute Gasteiger partial charge is 0.126 e. The van der Waals surface area contributed by atoms with Gasteiger partial charge in [-0.15, -0.1) is 0 Å². The zero-order valence-corrected chi connectivity index (χ0v) is 8.83. The van der Waals surface area contributed by atoms with E-state index in [0.29, 0.717) is 5.92 Å². The van der Waals surface area contributed by atoms with E-state index in [-0.39, 0.29) is 5.82 Å². The lowest BCUT2D eigenvalue weighted by molar-refractivity contribution is 0.193. The lowest BCUT2D eigenvalue weighted by Gasteiger charge is -2.38. The molecular formula is C13H17F. The average Bonchev–Trinajstić information content (AvgIpc) is 2.05. The van der Waals surface area contributed by atoms with Gasteiger partial charge in [0.2, 0.25) is 0 Å². The van der Waals surface area contributed by atoms with Gasteiger partial charge in [-0.25, -0.2) is 4.39 Å². The number of halogens is 1. The summed E-state index contributed by atoms with van der Waals surface area (Å²) in [6, 6.07) is 7.19. The Balaban J connectivity index is 2.03. The summed E-state index contributed by atoms with van der Waals surface area (Å²) in [4.78, 5) is 0. The molecule has 1 aromatic rings. The van der Waals surface area contributed by atoms with Crippen molar-refractivity contribution in [3.05, 3.63) is 35.6 Å². The maximum atomic E-state index is 13.4. The Kier molecular flexibility index (Phi) is 2.58. The maximum Gasteiger partial charge on any atom is 0.126 e. The first-order valence-corrected chi connectivity index (χ1v) is 5.43. The molecule has 0 spiro atoms. The zero-order valence-electron chi connectivity index (χ0n) is 8.83. The highest BCUT2D eigenvalue weighted by Crippen LogP contribution is 2.45. The number of hydrogen-bond donors (Lipinski definition) is 0. The second kappa shape index (κ2) is 3.72. The molecule has 1 aliphatic carbocycles. The molecule has 0 amide bonds. The molecule has 1 aromatic carbocycles. The summed E-state index contributed by atoms with van der Waals surface area (Å²) < 4.78 is 13.4. The summed E-state index contributed by atoms with van der Waals surface area (Å²) in [6.45, 7) is 4.50. The highest BCUT2D eigenvalue weighted by molar-refractivity contribution is 5.24. The van der Waals surface area contributed by atoms with Crippen molar-refractivity contribution in [2.24, 2.45) is 11.8 Å². The third kappa shape index (κ3) is 1.68. The molecule has 1 fully saturated rings. The van der Waals surface area contributed by atoms with Gasteiger partial charge in [0, 0.05) is 0 Å². The molecule has 76 valence electrons. The fourth-order valence-electron chi connectivity index (χ4n) is 2.27. The van der Waals surface area contributed by atoms with Crippen LogP contribution in [-0.2, 0) is 0 Å². The molecule has 1 heteroatoms. The monoisotopic (exact) mass is 192 g/mol. The predicted octanol–water partition coefficient (Wildman–Crippen LogP) is 3.98. The zero-order chi connectivity index (χ0) is 10.1. The van der Waals surface area contributed by atoms with Crippen molar-refractivity contribution in [3.8, 4) is 0 Å². The van der Waals surface area contributed by atoms with Crippen LogP contribution in [0.2, 0.25) is 0 Å². The third-order valence-corrected chi connectivity index (χ3v) is 3.46. The molecule has 2 rings (SSSR count). The van der Waals surface area contributed by atoms with Crippen LogP contribution in [-0.4, -0.2) is 0 Å². The summed E-state index contributed by atoms with van der Waals surface area (Å²) in [5.74, 6) is 2.00. The van der Waals surface area contributed by atoms with Crippen molar-refractivity contribution in [1.82, 2.24) is 0 Å². The van der Waals surface area contributed by atoms with Crippen molar-refractivity contribution in [2.45, 2.75) is 32.6 Å². The van der Waals surface area contributed by atoms with Crippen LogP contribution >= 0.6 is 0 Å². The minimum atomic E-state index is -0.0280. The molecule has 1 saturated carbocycles. The predicted molar refractivity (Wildman–Crippen MR) is 56.7 cm³/mol. The summed E-state index contributed by atoms with van der Waals surface area (Å²) in [6.07, 6.45) is 2.33. The van der Waals surface area contributed by atoms with Gasteiger partial charge in [0.15, 0.2) is 0 Å². The van der Waals surface area contributed by atoms with E-state index in [9.17, 15) is 4.39 Å². The minimum absolute atomic E-state index is 0.0280. The van der Waals surface area contributed by atoms with E-state index in [1.54, 1.807) is 12.1 Å². The van der Waals surface area contributed by atoms with Crippen LogP contribution in [0, 0.1) is 17.7 Å². The van der Waals surface area contributed by atoms with Gasteiger partial charge in [-0.1, -0.05) is 32.0 Å². The van der Waals surface area contributed by atoms with Crippen molar-refractivity contribution in [1.29, 1.82) is 0 Å². The molecule has 0 radical (unpaired) electrons. The van der Waals surface area contributed by atoms with Crippen LogP contribution in [0.25, 0.3) is 0 Å². The van der Waals surface area contributed by atoms with Gasteiger partial charge in [0.25, 0.3) is 0 Å². The molecule has 0 heterocycles. The number of rotatable bonds is 2. The average molecular weight is 192 g/mol. The summed E-state index contributed by atoms with van der Waals surface area (Å²) in [5.41, 5.74) is 0.921. The Morgan fingerprint density at radius 1 is 1.21 bits per heavy atom. The SMILES string of the molecule is CC(C)C1CC(c2ccccc2F)C1. The Bertz CT molecular complexity index is 311. The quantitative estimate of drug-likeness (QED) is 0.665. The Labute approximate surface area is 85.1 Å². The Morgan fingerprint density at radius 2 is 1.86 bits per heavy atom. The van der Waals surface area contributed by atoms with Crippen LogP contribution < -0.4 is 0 Å². The first-order chi connectivity index (χ1) is 6.68. The number of hydrogen-bond acceptors (Lipinski definition) is 0. The minimum Gasteiger partial charge on any atom is -0.207 e. The fourth-order valence-corrected chi connectivity index (χ4v) is 2.27. The molecule has 0 atom stereocenters. The second-order valence-corrected chi connectivity index (χ2v) is 4.69. The van der Waals surface area contributed by atoms with E-state index in [1.165, 1.54) is 12.8 Å². The maximum absolute atomic E-state index is 13.4. The van der Waals surface area contributed by atoms with E-state index in [0.717, 1.165) is 17.4 Å². The van der Waals surface area contributed by atoms with Gasteiger partial charge in [0.05, 0.1) is 0 Å². The van der Waals surface area contributed by atoms with E-state index >= 15 is 0 Å². The molecule has 0 N–H and O–H groups in total. The molecule has 0 bridgehead atoms. The highest BCUT2D eigenvalue weighted by Gasteiger charge is 2.33. The normalized spacial score (nSPS) is 26.3.